The van der Waals surface area contributed by atoms with Gasteiger partial charge in [0.05, 0.1) is 6.07 Å². The van der Waals surface area contributed by atoms with E-state index < -0.39 is 0 Å². The number of nitriles is 1. The van der Waals surface area contributed by atoms with Crippen LogP contribution < -0.4 is 5.32 Å². The summed E-state index contributed by atoms with van der Waals surface area (Å²) >= 11 is 0. The lowest BCUT2D eigenvalue weighted by Gasteiger charge is -2.18. The average molecular weight is 210 g/mol. The van der Waals surface area contributed by atoms with E-state index in [0.29, 0.717) is 0 Å². The van der Waals surface area contributed by atoms with Gasteiger partial charge in [-0.05, 0) is 26.2 Å². The number of nitrogens with zero attached hydrogens (tertiary/aromatic N) is 1. The third-order valence-corrected chi connectivity index (χ3v) is 2.53. The smallest absolute Gasteiger partial charge is 0.222 e. The molecule has 0 saturated carbocycles. The highest BCUT2D eigenvalue weighted by Gasteiger charge is 2.13. The van der Waals surface area contributed by atoms with E-state index in [0.717, 1.165) is 19.3 Å². The van der Waals surface area contributed by atoms with Gasteiger partial charge in [-0.25, -0.2) is 0 Å². The lowest BCUT2D eigenvalue weighted by Crippen LogP contribution is -2.37. The molecule has 0 rings (SSSR count). The quantitative estimate of drug-likeness (QED) is 0.732. The van der Waals surface area contributed by atoms with Gasteiger partial charge in [0.2, 0.25) is 5.91 Å². The molecule has 0 aliphatic carbocycles. The van der Waals surface area contributed by atoms with Crippen LogP contribution in [0.1, 0.15) is 47.0 Å². The Bertz CT molecular complexity index is 230. The predicted octanol–water partition coefficient (Wildman–Crippen LogP) is 2.48. The van der Waals surface area contributed by atoms with Gasteiger partial charge in [0, 0.05) is 17.9 Å². The molecular formula is C12H22N2O. The van der Waals surface area contributed by atoms with Crippen LogP contribution in [0.15, 0.2) is 0 Å². The number of rotatable bonds is 6. The maximum absolute atomic E-state index is 11.5. The van der Waals surface area contributed by atoms with Gasteiger partial charge in [-0.15, -0.1) is 0 Å². The van der Waals surface area contributed by atoms with E-state index in [1.807, 2.05) is 20.8 Å². The van der Waals surface area contributed by atoms with E-state index in [4.69, 9.17) is 5.26 Å². The highest BCUT2D eigenvalue weighted by molar-refractivity contribution is 5.78. The topological polar surface area (TPSA) is 52.9 Å². The summed E-state index contributed by atoms with van der Waals surface area (Å²) in [6.07, 6.45) is 2.67. The SMILES string of the molecule is CCC(CCC(C)C#N)NC(=O)C(C)C. The van der Waals surface area contributed by atoms with Gasteiger partial charge in [0.15, 0.2) is 0 Å². The van der Waals surface area contributed by atoms with Crippen molar-refractivity contribution < 1.29 is 4.79 Å². The van der Waals surface area contributed by atoms with Crippen molar-refractivity contribution in [3.63, 3.8) is 0 Å². The van der Waals surface area contributed by atoms with Crippen LogP contribution in [0.3, 0.4) is 0 Å². The van der Waals surface area contributed by atoms with Crippen LogP contribution in [0.2, 0.25) is 0 Å². The monoisotopic (exact) mass is 210 g/mol. The van der Waals surface area contributed by atoms with E-state index in [-0.39, 0.29) is 23.8 Å². The van der Waals surface area contributed by atoms with Gasteiger partial charge in [0.1, 0.15) is 0 Å². The fourth-order valence-corrected chi connectivity index (χ4v) is 1.26. The van der Waals surface area contributed by atoms with Gasteiger partial charge in [-0.3, -0.25) is 4.79 Å². The van der Waals surface area contributed by atoms with Crippen LogP contribution in [0.25, 0.3) is 0 Å². The third-order valence-electron chi connectivity index (χ3n) is 2.53. The zero-order valence-electron chi connectivity index (χ0n) is 10.2. The molecule has 3 nitrogen and oxygen atoms in total. The van der Waals surface area contributed by atoms with E-state index in [1.54, 1.807) is 0 Å². The Morgan fingerprint density at radius 1 is 1.33 bits per heavy atom. The Balaban J connectivity index is 3.94. The molecule has 0 aromatic heterocycles. The average Bonchev–Trinajstić information content (AvgIpc) is 2.22. The first kappa shape index (κ1) is 14.0. The fourth-order valence-electron chi connectivity index (χ4n) is 1.26. The van der Waals surface area contributed by atoms with Crippen molar-refractivity contribution >= 4 is 5.91 Å². The molecule has 1 amide bonds. The Morgan fingerprint density at radius 2 is 1.93 bits per heavy atom. The number of hydrogen-bond acceptors (Lipinski definition) is 2. The molecule has 2 atom stereocenters. The van der Waals surface area contributed by atoms with Crippen molar-refractivity contribution in [2.45, 2.75) is 53.0 Å². The number of carbonyl (C=O) groups is 1. The molecular weight excluding hydrogens is 188 g/mol. The van der Waals surface area contributed by atoms with Gasteiger partial charge in [0.25, 0.3) is 0 Å². The number of carbonyl (C=O) groups excluding carboxylic acids is 1. The van der Waals surface area contributed by atoms with Gasteiger partial charge in [-0.1, -0.05) is 20.8 Å². The van der Waals surface area contributed by atoms with Gasteiger partial charge >= 0.3 is 0 Å². The molecule has 0 spiro atoms. The molecule has 3 heteroatoms. The summed E-state index contributed by atoms with van der Waals surface area (Å²) in [7, 11) is 0. The van der Waals surface area contributed by atoms with Crippen LogP contribution in [-0.2, 0) is 4.79 Å². The summed E-state index contributed by atoms with van der Waals surface area (Å²) < 4.78 is 0. The fraction of sp³-hybridized carbons (Fsp3) is 0.833. The molecule has 0 radical (unpaired) electrons. The van der Waals surface area contributed by atoms with E-state index >= 15 is 0 Å². The minimum absolute atomic E-state index is 0.0347. The first-order chi connectivity index (χ1) is 7.01. The second kappa shape index (κ2) is 7.28. The third kappa shape index (κ3) is 6.11. The first-order valence-corrected chi connectivity index (χ1v) is 5.71. The summed E-state index contributed by atoms with van der Waals surface area (Å²) in [5.74, 6) is 0.217. The zero-order valence-corrected chi connectivity index (χ0v) is 10.2. The summed E-state index contributed by atoms with van der Waals surface area (Å²) in [6, 6.07) is 2.43. The minimum atomic E-state index is 0.0347. The largest absolute Gasteiger partial charge is 0.353 e. The molecule has 1 N–H and O–H groups in total. The molecule has 0 aliphatic rings. The van der Waals surface area contributed by atoms with Crippen LogP contribution in [-0.4, -0.2) is 11.9 Å². The van der Waals surface area contributed by atoms with Crippen molar-refractivity contribution in [2.75, 3.05) is 0 Å². The van der Waals surface area contributed by atoms with Crippen LogP contribution in [0, 0.1) is 23.2 Å². The summed E-state index contributed by atoms with van der Waals surface area (Å²) in [6.45, 7) is 7.75. The number of hydrogen-bond donors (Lipinski definition) is 1. The maximum Gasteiger partial charge on any atom is 0.222 e. The minimum Gasteiger partial charge on any atom is -0.353 e. The van der Waals surface area contributed by atoms with Crippen LogP contribution in [0.5, 0.6) is 0 Å². The number of nitrogens with one attached hydrogen (secondary N) is 1. The van der Waals surface area contributed by atoms with Crippen molar-refractivity contribution in [3.8, 4) is 6.07 Å². The molecule has 0 fully saturated rings. The second-order valence-corrected chi connectivity index (χ2v) is 4.38. The molecule has 0 aromatic carbocycles. The highest BCUT2D eigenvalue weighted by Crippen LogP contribution is 2.09. The highest BCUT2D eigenvalue weighted by atomic mass is 16.1. The first-order valence-electron chi connectivity index (χ1n) is 5.71. The Kier molecular flexibility index (Phi) is 6.77. The Hall–Kier alpha value is -1.04. The van der Waals surface area contributed by atoms with Crippen molar-refractivity contribution in [2.24, 2.45) is 11.8 Å². The van der Waals surface area contributed by atoms with E-state index in [1.165, 1.54) is 0 Å². The van der Waals surface area contributed by atoms with Gasteiger partial charge in [-0.2, -0.15) is 5.26 Å². The molecule has 2 unspecified atom stereocenters. The molecule has 0 aromatic rings. The van der Waals surface area contributed by atoms with Crippen LogP contribution in [0.4, 0.5) is 0 Å². The van der Waals surface area contributed by atoms with E-state index in [9.17, 15) is 4.79 Å². The molecule has 0 saturated heterocycles. The zero-order chi connectivity index (χ0) is 11.8. The Morgan fingerprint density at radius 3 is 2.33 bits per heavy atom. The normalized spacial score (nSPS) is 14.4. The van der Waals surface area contributed by atoms with Gasteiger partial charge < -0.3 is 5.32 Å². The van der Waals surface area contributed by atoms with Crippen molar-refractivity contribution in [1.29, 1.82) is 5.26 Å². The van der Waals surface area contributed by atoms with Crippen molar-refractivity contribution in [3.05, 3.63) is 0 Å². The molecule has 0 aliphatic heterocycles. The molecule has 0 bridgehead atoms. The summed E-state index contributed by atoms with van der Waals surface area (Å²) in [4.78, 5) is 11.5. The standard InChI is InChI=1S/C12H22N2O/c1-5-11(7-6-10(4)8-13)14-12(15)9(2)3/h9-11H,5-7H2,1-4H3,(H,14,15). The predicted molar refractivity (Wildman–Crippen MR) is 61.1 cm³/mol. The lowest BCUT2D eigenvalue weighted by atomic mass is 10.0. The maximum atomic E-state index is 11.5. The van der Waals surface area contributed by atoms with Crippen LogP contribution >= 0.6 is 0 Å². The Labute approximate surface area is 92.9 Å². The number of amides is 1. The molecule has 15 heavy (non-hydrogen) atoms. The molecule has 0 heterocycles. The van der Waals surface area contributed by atoms with E-state index in [2.05, 4.69) is 18.3 Å². The van der Waals surface area contributed by atoms with Crippen molar-refractivity contribution in [1.82, 2.24) is 5.32 Å². The lowest BCUT2D eigenvalue weighted by molar-refractivity contribution is -0.124. The second-order valence-electron chi connectivity index (χ2n) is 4.38. The summed E-state index contributed by atoms with van der Waals surface area (Å²) in [5, 5.41) is 11.7. The summed E-state index contributed by atoms with van der Waals surface area (Å²) in [5.41, 5.74) is 0. The molecule has 86 valence electrons.